The summed E-state index contributed by atoms with van der Waals surface area (Å²) in [5, 5.41) is 5.32. The molecule has 1 rings (SSSR count). The Bertz CT molecular complexity index is 459. The lowest BCUT2D eigenvalue weighted by molar-refractivity contribution is 0.245. The molecule has 1 aromatic heterocycles. The van der Waals surface area contributed by atoms with Crippen molar-refractivity contribution in [2.45, 2.75) is 51.4 Å². The highest BCUT2D eigenvalue weighted by molar-refractivity contribution is 5.95. The van der Waals surface area contributed by atoms with Gasteiger partial charge in [-0.25, -0.2) is 9.78 Å². The van der Waals surface area contributed by atoms with Crippen LogP contribution in [0, 0.1) is 0 Å². The Hall–Kier alpha value is -2.09. The zero-order chi connectivity index (χ0) is 17.5. The number of unbranched alkanes of at least 4 members (excludes halogenated alkanes) is 5. The zero-order valence-electron chi connectivity index (χ0n) is 14.4. The van der Waals surface area contributed by atoms with Crippen molar-refractivity contribution in [3.8, 4) is 0 Å². The van der Waals surface area contributed by atoms with E-state index in [2.05, 4.69) is 25.6 Å². The van der Waals surface area contributed by atoms with E-state index in [1.165, 1.54) is 19.3 Å². The number of guanidine groups is 1. The standard InChI is InChI=1S/C16H31N7O/c17-9-5-3-1-2-4-6-10-21-16(24)23-15(18)20-11-7-8-14-12-19-13-22-14/h12-13H,1-11,17H2,(H,19,22)(H4,18,20,21,23,24). The number of nitrogens with one attached hydrogen (secondary N) is 3. The van der Waals surface area contributed by atoms with Crippen molar-refractivity contribution in [3.63, 3.8) is 0 Å². The second kappa shape index (κ2) is 13.4. The maximum absolute atomic E-state index is 11.6. The topological polar surface area (TPSA) is 134 Å². The molecule has 8 nitrogen and oxygen atoms in total. The SMILES string of the molecule is NCCCCCCCCNC(=O)NC(N)=NCCCc1cnc[nH]1. The van der Waals surface area contributed by atoms with E-state index in [9.17, 15) is 4.79 Å². The third kappa shape index (κ3) is 10.6. The van der Waals surface area contributed by atoms with Crippen LogP contribution in [0.1, 0.15) is 50.6 Å². The van der Waals surface area contributed by atoms with Gasteiger partial charge in [0.15, 0.2) is 5.96 Å². The molecule has 0 radical (unpaired) electrons. The van der Waals surface area contributed by atoms with Gasteiger partial charge in [-0.3, -0.25) is 10.3 Å². The van der Waals surface area contributed by atoms with Gasteiger partial charge >= 0.3 is 6.03 Å². The molecule has 2 amide bonds. The minimum absolute atomic E-state index is 0.152. The van der Waals surface area contributed by atoms with Crippen molar-refractivity contribution >= 4 is 12.0 Å². The molecule has 0 aromatic carbocycles. The Balaban J connectivity index is 1.97. The van der Waals surface area contributed by atoms with Gasteiger partial charge in [0.2, 0.25) is 0 Å². The van der Waals surface area contributed by atoms with Crippen molar-refractivity contribution in [3.05, 3.63) is 18.2 Å². The Labute approximate surface area is 143 Å². The van der Waals surface area contributed by atoms with E-state index in [1.54, 1.807) is 12.5 Å². The maximum atomic E-state index is 11.6. The number of H-pyrrole nitrogens is 1. The molecule has 0 spiro atoms. The second-order valence-corrected chi connectivity index (χ2v) is 5.74. The number of urea groups is 1. The number of carbonyl (C=O) groups is 1. The van der Waals surface area contributed by atoms with Crippen molar-refractivity contribution in [1.82, 2.24) is 20.6 Å². The average Bonchev–Trinajstić information content (AvgIpc) is 3.07. The number of imidazole rings is 1. The molecule has 1 aromatic rings. The first-order valence-electron chi connectivity index (χ1n) is 8.74. The van der Waals surface area contributed by atoms with E-state index in [1.807, 2.05) is 0 Å². The predicted molar refractivity (Wildman–Crippen MR) is 96.7 cm³/mol. The predicted octanol–water partition coefficient (Wildman–Crippen LogP) is 1.26. The van der Waals surface area contributed by atoms with Gasteiger partial charge in [0.25, 0.3) is 0 Å². The highest BCUT2D eigenvalue weighted by Gasteiger charge is 2.01. The molecule has 0 aliphatic carbocycles. The first kappa shape index (κ1) is 20.0. The van der Waals surface area contributed by atoms with Crippen LogP contribution in [-0.4, -0.2) is 41.6 Å². The average molecular weight is 337 g/mol. The molecule has 7 N–H and O–H groups in total. The molecule has 8 heteroatoms. The monoisotopic (exact) mass is 337 g/mol. The van der Waals surface area contributed by atoms with Gasteiger partial charge in [-0.1, -0.05) is 25.7 Å². The maximum Gasteiger partial charge on any atom is 0.321 e. The zero-order valence-corrected chi connectivity index (χ0v) is 14.4. The van der Waals surface area contributed by atoms with Crippen LogP contribution in [0.2, 0.25) is 0 Å². The van der Waals surface area contributed by atoms with E-state index in [0.717, 1.165) is 44.3 Å². The molecule has 0 atom stereocenters. The van der Waals surface area contributed by atoms with Crippen molar-refractivity contribution in [1.29, 1.82) is 0 Å². The van der Waals surface area contributed by atoms with Crippen LogP contribution in [-0.2, 0) is 6.42 Å². The van der Waals surface area contributed by atoms with Crippen LogP contribution >= 0.6 is 0 Å². The van der Waals surface area contributed by atoms with Crippen LogP contribution < -0.4 is 22.1 Å². The van der Waals surface area contributed by atoms with Crippen LogP contribution in [0.25, 0.3) is 0 Å². The van der Waals surface area contributed by atoms with Crippen LogP contribution in [0.5, 0.6) is 0 Å². The molecule has 24 heavy (non-hydrogen) atoms. The molecule has 0 unspecified atom stereocenters. The smallest absolute Gasteiger partial charge is 0.321 e. The fraction of sp³-hybridized carbons (Fsp3) is 0.688. The Morgan fingerprint density at radius 2 is 1.92 bits per heavy atom. The lowest BCUT2D eigenvalue weighted by Gasteiger charge is -2.07. The fourth-order valence-corrected chi connectivity index (χ4v) is 2.27. The molecule has 136 valence electrons. The van der Waals surface area contributed by atoms with Crippen molar-refractivity contribution < 1.29 is 4.79 Å². The molecule has 0 aliphatic heterocycles. The molecule has 0 fully saturated rings. The number of aryl methyl sites for hydroxylation is 1. The van der Waals surface area contributed by atoms with Gasteiger partial charge in [0.1, 0.15) is 0 Å². The number of rotatable bonds is 12. The summed E-state index contributed by atoms with van der Waals surface area (Å²) >= 11 is 0. The summed E-state index contributed by atoms with van der Waals surface area (Å²) in [5.74, 6) is 0.152. The lowest BCUT2D eigenvalue weighted by atomic mass is 10.1. The number of amides is 2. The molecule has 0 aliphatic rings. The summed E-state index contributed by atoms with van der Waals surface area (Å²) in [4.78, 5) is 22.7. The highest BCUT2D eigenvalue weighted by atomic mass is 16.2. The summed E-state index contributed by atoms with van der Waals surface area (Å²) in [6, 6.07) is -0.298. The molecular formula is C16H31N7O. The minimum atomic E-state index is -0.298. The number of nitrogens with zero attached hydrogens (tertiary/aromatic N) is 2. The Morgan fingerprint density at radius 3 is 2.62 bits per heavy atom. The number of hydrogen-bond donors (Lipinski definition) is 5. The first-order chi connectivity index (χ1) is 11.7. The lowest BCUT2D eigenvalue weighted by Crippen LogP contribution is -2.43. The largest absolute Gasteiger partial charge is 0.370 e. The number of aliphatic imine (C=N–C) groups is 1. The van der Waals surface area contributed by atoms with E-state index < -0.39 is 0 Å². The third-order valence-corrected chi connectivity index (χ3v) is 3.60. The summed E-state index contributed by atoms with van der Waals surface area (Å²) in [7, 11) is 0. The van der Waals surface area contributed by atoms with E-state index in [0.29, 0.717) is 13.1 Å². The van der Waals surface area contributed by atoms with E-state index >= 15 is 0 Å². The van der Waals surface area contributed by atoms with Crippen LogP contribution in [0.3, 0.4) is 0 Å². The third-order valence-electron chi connectivity index (χ3n) is 3.60. The summed E-state index contributed by atoms with van der Waals surface area (Å²) < 4.78 is 0. The molecule has 0 saturated heterocycles. The van der Waals surface area contributed by atoms with E-state index in [4.69, 9.17) is 11.5 Å². The molecule has 0 bridgehead atoms. The van der Waals surface area contributed by atoms with Crippen LogP contribution in [0.4, 0.5) is 4.79 Å². The van der Waals surface area contributed by atoms with Gasteiger partial charge in [0, 0.05) is 25.0 Å². The Kier molecular flexibility index (Phi) is 11.1. The summed E-state index contributed by atoms with van der Waals surface area (Å²) in [6.45, 7) is 1.98. The van der Waals surface area contributed by atoms with Crippen LogP contribution in [0.15, 0.2) is 17.5 Å². The minimum Gasteiger partial charge on any atom is -0.370 e. The number of carbonyl (C=O) groups excluding carboxylic acids is 1. The molecule has 0 saturated carbocycles. The number of aromatic amines is 1. The normalized spacial score (nSPS) is 11.5. The number of hydrogen-bond acceptors (Lipinski definition) is 4. The first-order valence-corrected chi connectivity index (χ1v) is 8.74. The number of aromatic nitrogens is 2. The van der Waals surface area contributed by atoms with Gasteiger partial charge < -0.3 is 21.8 Å². The van der Waals surface area contributed by atoms with Gasteiger partial charge in [-0.05, 0) is 32.2 Å². The summed E-state index contributed by atoms with van der Waals surface area (Å²) in [5.41, 5.74) is 12.2. The highest BCUT2D eigenvalue weighted by Crippen LogP contribution is 2.03. The van der Waals surface area contributed by atoms with Crippen molar-refractivity contribution in [2.24, 2.45) is 16.5 Å². The molecule has 1 heterocycles. The summed E-state index contributed by atoms with van der Waals surface area (Å²) in [6.07, 6.45) is 11.9. The molecular weight excluding hydrogens is 306 g/mol. The van der Waals surface area contributed by atoms with Gasteiger partial charge in [-0.15, -0.1) is 0 Å². The Morgan fingerprint density at radius 1 is 1.17 bits per heavy atom. The quantitative estimate of drug-likeness (QED) is 0.223. The van der Waals surface area contributed by atoms with Crippen molar-refractivity contribution in [2.75, 3.05) is 19.6 Å². The fourth-order valence-electron chi connectivity index (χ4n) is 2.27. The van der Waals surface area contributed by atoms with E-state index in [-0.39, 0.29) is 12.0 Å². The number of nitrogens with two attached hydrogens (primary N) is 2. The second-order valence-electron chi connectivity index (χ2n) is 5.74. The van der Waals surface area contributed by atoms with Gasteiger partial charge in [0.05, 0.1) is 6.33 Å². The van der Waals surface area contributed by atoms with Gasteiger partial charge in [-0.2, -0.15) is 0 Å².